The Morgan fingerprint density at radius 1 is 0.500 bits per heavy atom. The molecule has 3 aromatic rings. The van der Waals surface area contributed by atoms with Crippen molar-refractivity contribution >= 4 is 17.1 Å². The molecule has 3 aromatic carbocycles. The average molecular weight is 430 g/mol. The largest absolute Gasteiger partial charge is 0.311 e. The number of rotatable bonds is 11. The maximum atomic E-state index is 2.37. The molecule has 0 saturated heterocycles. The van der Waals surface area contributed by atoms with Crippen LogP contribution < -0.4 is 4.90 Å². The highest BCUT2D eigenvalue weighted by Crippen LogP contribution is 2.35. The third-order valence-corrected chi connectivity index (χ3v) is 5.82. The van der Waals surface area contributed by atoms with Crippen molar-refractivity contribution in [1.29, 1.82) is 0 Å². The van der Waals surface area contributed by atoms with Crippen LogP contribution in [0, 0.1) is 6.92 Å². The van der Waals surface area contributed by atoms with E-state index in [1.165, 1.54) is 85.1 Å². The van der Waals surface area contributed by atoms with Crippen molar-refractivity contribution in [3.8, 4) is 0 Å². The minimum atomic E-state index is 1.17. The van der Waals surface area contributed by atoms with Crippen molar-refractivity contribution in [3.63, 3.8) is 0 Å². The number of nitrogens with zero attached hydrogens (tertiary/aromatic N) is 1. The number of aryl methyl sites for hydroxylation is 3. The van der Waals surface area contributed by atoms with E-state index in [0.717, 1.165) is 0 Å². The molecular weight excluding hydrogens is 386 g/mol. The molecule has 1 nitrogen and oxygen atoms in total. The monoisotopic (exact) mass is 429 g/mol. The predicted octanol–water partition coefficient (Wildman–Crippen LogP) is 9.96. The van der Waals surface area contributed by atoms with Crippen LogP contribution in [0.2, 0.25) is 0 Å². The van der Waals surface area contributed by atoms with Gasteiger partial charge in [0.2, 0.25) is 0 Å². The van der Waals surface area contributed by atoms with Gasteiger partial charge in [-0.3, -0.25) is 0 Å². The van der Waals surface area contributed by atoms with E-state index in [2.05, 4.69) is 98.5 Å². The first-order valence-corrected chi connectivity index (χ1v) is 12.8. The van der Waals surface area contributed by atoms with Crippen LogP contribution in [-0.2, 0) is 12.8 Å². The molecule has 0 radical (unpaired) electrons. The molecule has 0 aliphatic heterocycles. The zero-order chi connectivity index (χ0) is 23.2. The quantitative estimate of drug-likeness (QED) is 0.274. The van der Waals surface area contributed by atoms with Crippen LogP contribution in [0.25, 0.3) is 0 Å². The number of unbranched alkanes of at least 4 members (excludes halogenated alkanes) is 4. The lowest BCUT2D eigenvalue weighted by Gasteiger charge is -2.26. The lowest BCUT2D eigenvalue weighted by atomic mass is 10.0. The number of hydrogen-bond acceptors (Lipinski definition) is 1. The summed E-state index contributed by atoms with van der Waals surface area (Å²) < 4.78 is 0. The molecule has 1 heteroatoms. The van der Waals surface area contributed by atoms with E-state index in [-0.39, 0.29) is 0 Å². The molecule has 0 aliphatic carbocycles. The highest BCUT2D eigenvalue weighted by Gasteiger charge is 2.12. The van der Waals surface area contributed by atoms with Gasteiger partial charge < -0.3 is 4.90 Å². The highest BCUT2D eigenvalue weighted by molar-refractivity contribution is 5.76. The SMILES string of the molecule is CC.CCCCCc1ccc(N(c2ccc(C)cc2)c2ccc(CCCCC)cc2)cc1. The van der Waals surface area contributed by atoms with Gasteiger partial charge in [-0.1, -0.05) is 95.3 Å². The van der Waals surface area contributed by atoms with E-state index < -0.39 is 0 Å². The Morgan fingerprint density at radius 2 is 0.844 bits per heavy atom. The minimum absolute atomic E-state index is 1.17. The summed E-state index contributed by atoms with van der Waals surface area (Å²) in [6.07, 6.45) is 10.1. The second-order valence-corrected chi connectivity index (χ2v) is 8.42. The summed E-state index contributed by atoms with van der Waals surface area (Å²) in [7, 11) is 0. The summed E-state index contributed by atoms with van der Waals surface area (Å²) in [6, 6.07) is 27.1. The van der Waals surface area contributed by atoms with Crippen LogP contribution in [0.15, 0.2) is 72.8 Å². The molecule has 0 fully saturated rings. The molecule has 0 N–H and O–H groups in total. The summed E-state index contributed by atoms with van der Waals surface area (Å²) in [5, 5.41) is 0. The van der Waals surface area contributed by atoms with Gasteiger partial charge in [0, 0.05) is 17.1 Å². The summed E-state index contributed by atoms with van der Waals surface area (Å²) in [5.41, 5.74) is 7.80. The molecule has 0 unspecified atom stereocenters. The molecule has 0 aromatic heterocycles. The standard InChI is InChI=1S/C29H37N.C2H6/c1-4-6-8-10-25-14-20-28(21-15-25)30(27-18-12-24(3)13-19-27)29-22-16-26(17-23-29)11-9-7-5-2;1-2/h12-23H,4-11H2,1-3H3;1-2H3. The van der Waals surface area contributed by atoms with Gasteiger partial charge in [0.15, 0.2) is 0 Å². The van der Waals surface area contributed by atoms with E-state index >= 15 is 0 Å². The molecule has 0 heterocycles. The molecule has 0 atom stereocenters. The van der Waals surface area contributed by atoms with Gasteiger partial charge in [-0.2, -0.15) is 0 Å². The fourth-order valence-electron chi connectivity index (χ4n) is 3.92. The molecule has 0 saturated carbocycles. The second kappa shape index (κ2) is 14.5. The number of anilines is 3. The van der Waals surface area contributed by atoms with Crippen molar-refractivity contribution < 1.29 is 0 Å². The van der Waals surface area contributed by atoms with Gasteiger partial charge in [0.05, 0.1) is 0 Å². The van der Waals surface area contributed by atoms with E-state index in [4.69, 9.17) is 0 Å². The summed E-state index contributed by atoms with van der Waals surface area (Å²) in [4.78, 5) is 2.37. The Hall–Kier alpha value is -2.54. The zero-order valence-electron chi connectivity index (χ0n) is 21.0. The smallest absolute Gasteiger partial charge is 0.0461 e. The van der Waals surface area contributed by atoms with Crippen LogP contribution in [0.5, 0.6) is 0 Å². The molecule has 0 spiro atoms. The molecule has 32 heavy (non-hydrogen) atoms. The fraction of sp³-hybridized carbons (Fsp3) is 0.419. The normalized spacial score (nSPS) is 10.4. The fourth-order valence-corrected chi connectivity index (χ4v) is 3.92. The van der Waals surface area contributed by atoms with Crippen molar-refractivity contribution in [2.45, 2.75) is 86.0 Å². The van der Waals surface area contributed by atoms with Crippen LogP contribution in [0.4, 0.5) is 17.1 Å². The van der Waals surface area contributed by atoms with Gasteiger partial charge in [-0.15, -0.1) is 0 Å². The first-order valence-electron chi connectivity index (χ1n) is 12.8. The summed E-state index contributed by atoms with van der Waals surface area (Å²) >= 11 is 0. The Kier molecular flexibility index (Phi) is 11.7. The Morgan fingerprint density at radius 3 is 1.19 bits per heavy atom. The van der Waals surface area contributed by atoms with E-state index in [1.54, 1.807) is 0 Å². The molecule has 0 aliphatic rings. The highest BCUT2D eigenvalue weighted by atomic mass is 15.1. The molecular formula is C31H43N. The second-order valence-electron chi connectivity index (χ2n) is 8.42. The number of benzene rings is 3. The van der Waals surface area contributed by atoms with Crippen molar-refractivity contribution in [1.82, 2.24) is 0 Å². The van der Waals surface area contributed by atoms with Gasteiger partial charge >= 0.3 is 0 Å². The Bertz CT molecular complexity index is 806. The molecule has 0 amide bonds. The van der Waals surface area contributed by atoms with E-state index in [1.807, 2.05) is 13.8 Å². The van der Waals surface area contributed by atoms with Crippen LogP contribution in [0.3, 0.4) is 0 Å². The van der Waals surface area contributed by atoms with Crippen LogP contribution >= 0.6 is 0 Å². The Balaban J connectivity index is 0.00000176. The average Bonchev–Trinajstić information content (AvgIpc) is 2.84. The van der Waals surface area contributed by atoms with Gasteiger partial charge in [-0.25, -0.2) is 0 Å². The van der Waals surface area contributed by atoms with Gasteiger partial charge in [-0.05, 0) is 80.1 Å². The lowest BCUT2D eigenvalue weighted by Crippen LogP contribution is -2.10. The number of hydrogen-bond donors (Lipinski definition) is 0. The first kappa shape index (κ1) is 25.7. The van der Waals surface area contributed by atoms with Crippen molar-refractivity contribution in [2.24, 2.45) is 0 Å². The maximum absolute atomic E-state index is 2.37. The van der Waals surface area contributed by atoms with Crippen LogP contribution in [-0.4, -0.2) is 0 Å². The topological polar surface area (TPSA) is 3.24 Å². The third-order valence-electron chi connectivity index (χ3n) is 5.82. The van der Waals surface area contributed by atoms with Crippen molar-refractivity contribution in [2.75, 3.05) is 4.90 Å². The van der Waals surface area contributed by atoms with E-state index in [0.29, 0.717) is 0 Å². The molecule has 0 bridgehead atoms. The van der Waals surface area contributed by atoms with Crippen molar-refractivity contribution in [3.05, 3.63) is 89.5 Å². The minimum Gasteiger partial charge on any atom is -0.311 e. The lowest BCUT2D eigenvalue weighted by molar-refractivity contribution is 0.717. The summed E-state index contributed by atoms with van der Waals surface area (Å²) in [5.74, 6) is 0. The molecule has 172 valence electrons. The maximum Gasteiger partial charge on any atom is 0.0461 e. The zero-order valence-corrected chi connectivity index (χ0v) is 21.0. The third kappa shape index (κ3) is 7.86. The predicted molar refractivity (Wildman–Crippen MR) is 144 cm³/mol. The molecule has 3 rings (SSSR count). The first-order chi connectivity index (χ1) is 15.7. The Labute approximate surface area is 197 Å². The van der Waals surface area contributed by atoms with E-state index in [9.17, 15) is 0 Å². The summed E-state index contributed by atoms with van der Waals surface area (Å²) in [6.45, 7) is 10.7. The van der Waals surface area contributed by atoms with Gasteiger partial charge in [0.1, 0.15) is 0 Å². The van der Waals surface area contributed by atoms with Gasteiger partial charge in [0.25, 0.3) is 0 Å². The van der Waals surface area contributed by atoms with Crippen LogP contribution in [0.1, 0.15) is 82.9 Å².